The van der Waals surface area contributed by atoms with Gasteiger partial charge in [0.15, 0.2) is 0 Å². The van der Waals surface area contributed by atoms with Crippen molar-refractivity contribution in [2.75, 3.05) is 0 Å². The Hall–Kier alpha value is 0. The fraction of sp³-hybridized carbons (Fsp3) is 1.00. The normalized spacial score (nSPS) is 45.0. The van der Waals surface area contributed by atoms with E-state index in [0.29, 0.717) is 0 Å². The molecule has 0 N–H and O–H groups in total. The average Bonchev–Trinajstić information content (AvgIpc) is 2.63. The molecule has 0 nitrogen and oxygen atoms in total. The van der Waals surface area contributed by atoms with Crippen LogP contribution in [0.3, 0.4) is 0 Å². The van der Waals surface area contributed by atoms with Gasteiger partial charge in [-0.25, -0.2) is 0 Å². The van der Waals surface area contributed by atoms with Crippen LogP contribution in [0.4, 0.5) is 0 Å². The van der Waals surface area contributed by atoms with Crippen molar-refractivity contribution in [3.63, 3.8) is 0 Å². The quantitative estimate of drug-likeness (QED) is 0.497. The standard InChI is InChI=1S/C11H20/c1-9-10-7-5-3-2-4-6-8-11(9)10/h9-11H,2-8H2,1H3. The van der Waals surface area contributed by atoms with Crippen molar-refractivity contribution in [2.24, 2.45) is 17.8 Å². The lowest BCUT2D eigenvalue weighted by atomic mass is 10.1. The largest absolute Gasteiger partial charge is 0.0620 e. The van der Waals surface area contributed by atoms with Gasteiger partial charge in [-0.2, -0.15) is 0 Å². The Kier molecular flexibility index (Phi) is 2.20. The fourth-order valence-electron chi connectivity index (χ4n) is 2.88. The zero-order valence-corrected chi connectivity index (χ0v) is 7.68. The van der Waals surface area contributed by atoms with E-state index in [2.05, 4.69) is 6.92 Å². The zero-order valence-electron chi connectivity index (χ0n) is 7.68. The van der Waals surface area contributed by atoms with Crippen LogP contribution in [0.25, 0.3) is 0 Å². The molecule has 0 amide bonds. The summed E-state index contributed by atoms with van der Waals surface area (Å²) in [5.74, 6) is 3.38. The van der Waals surface area contributed by atoms with Crippen LogP contribution in [-0.4, -0.2) is 0 Å². The smallest absolute Gasteiger partial charge is 0.0355 e. The van der Waals surface area contributed by atoms with Gasteiger partial charge >= 0.3 is 0 Å². The Morgan fingerprint density at radius 2 is 1.18 bits per heavy atom. The van der Waals surface area contributed by atoms with Crippen molar-refractivity contribution in [3.8, 4) is 0 Å². The summed E-state index contributed by atoms with van der Waals surface area (Å²) < 4.78 is 0. The van der Waals surface area contributed by atoms with Gasteiger partial charge in [0.2, 0.25) is 0 Å². The highest BCUT2D eigenvalue weighted by Crippen LogP contribution is 2.52. The van der Waals surface area contributed by atoms with Crippen LogP contribution in [0, 0.1) is 17.8 Å². The van der Waals surface area contributed by atoms with Gasteiger partial charge in [0.05, 0.1) is 0 Å². The highest BCUT2D eigenvalue weighted by molar-refractivity contribution is 4.93. The molecule has 2 aliphatic rings. The second kappa shape index (κ2) is 3.16. The molecule has 2 unspecified atom stereocenters. The molecule has 2 rings (SSSR count). The molecule has 0 aliphatic heterocycles. The Balaban J connectivity index is 1.83. The lowest BCUT2D eigenvalue weighted by Gasteiger charge is -1.97. The van der Waals surface area contributed by atoms with E-state index in [-0.39, 0.29) is 0 Å². The molecule has 0 spiro atoms. The number of fused-ring (bicyclic) bond motifs is 1. The molecule has 0 aromatic rings. The summed E-state index contributed by atoms with van der Waals surface area (Å²) in [6.07, 6.45) is 10.7. The third kappa shape index (κ3) is 1.60. The highest BCUT2D eigenvalue weighted by Gasteiger charge is 2.44. The van der Waals surface area contributed by atoms with E-state index in [0.717, 1.165) is 17.8 Å². The van der Waals surface area contributed by atoms with E-state index < -0.39 is 0 Å². The SMILES string of the molecule is CC1C2CCCCCCCC12. The molecule has 2 saturated carbocycles. The molecule has 0 radical (unpaired) electrons. The minimum atomic E-state index is 1.09. The van der Waals surface area contributed by atoms with Crippen molar-refractivity contribution in [3.05, 3.63) is 0 Å². The molecule has 0 heterocycles. The molecule has 0 aromatic heterocycles. The van der Waals surface area contributed by atoms with Gasteiger partial charge in [-0.1, -0.05) is 39.0 Å². The van der Waals surface area contributed by atoms with Gasteiger partial charge in [0.25, 0.3) is 0 Å². The summed E-state index contributed by atoms with van der Waals surface area (Å²) in [6, 6.07) is 0. The minimum Gasteiger partial charge on any atom is -0.0620 e. The van der Waals surface area contributed by atoms with Crippen LogP contribution in [0.1, 0.15) is 51.9 Å². The first-order valence-corrected chi connectivity index (χ1v) is 5.39. The zero-order chi connectivity index (χ0) is 7.68. The Morgan fingerprint density at radius 1 is 0.727 bits per heavy atom. The molecule has 0 heteroatoms. The van der Waals surface area contributed by atoms with Gasteiger partial charge < -0.3 is 0 Å². The van der Waals surface area contributed by atoms with Crippen molar-refractivity contribution in [1.82, 2.24) is 0 Å². The number of hydrogen-bond donors (Lipinski definition) is 0. The van der Waals surface area contributed by atoms with Crippen molar-refractivity contribution in [2.45, 2.75) is 51.9 Å². The maximum atomic E-state index is 2.46. The third-order valence-corrected chi connectivity index (χ3v) is 3.83. The van der Waals surface area contributed by atoms with Crippen LogP contribution >= 0.6 is 0 Å². The van der Waals surface area contributed by atoms with Crippen molar-refractivity contribution >= 4 is 0 Å². The number of rotatable bonds is 0. The second-order valence-corrected chi connectivity index (χ2v) is 4.53. The first-order chi connectivity index (χ1) is 5.39. The van der Waals surface area contributed by atoms with E-state index >= 15 is 0 Å². The molecule has 64 valence electrons. The lowest BCUT2D eigenvalue weighted by Crippen LogP contribution is -1.80. The molecular weight excluding hydrogens is 132 g/mol. The maximum Gasteiger partial charge on any atom is -0.0355 e. The second-order valence-electron chi connectivity index (χ2n) is 4.53. The van der Waals surface area contributed by atoms with E-state index in [1.165, 1.54) is 32.1 Å². The topological polar surface area (TPSA) is 0 Å². The lowest BCUT2D eigenvalue weighted by molar-refractivity contribution is 0.569. The summed E-state index contributed by atoms with van der Waals surface area (Å²) in [4.78, 5) is 0. The molecule has 0 bridgehead atoms. The van der Waals surface area contributed by atoms with Gasteiger partial charge in [0.1, 0.15) is 0 Å². The van der Waals surface area contributed by atoms with Crippen molar-refractivity contribution < 1.29 is 0 Å². The van der Waals surface area contributed by atoms with Crippen LogP contribution in [0.2, 0.25) is 0 Å². The van der Waals surface area contributed by atoms with Crippen LogP contribution in [-0.2, 0) is 0 Å². The molecule has 0 saturated heterocycles. The van der Waals surface area contributed by atoms with E-state index in [4.69, 9.17) is 0 Å². The average molecular weight is 152 g/mol. The van der Waals surface area contributed by atoms with E-state index in [1.807, 2.05) is 0 Å². The summed E-state index contributed by atoms with van der Waals surface area (Å²) in [7, 11) is 0. The van der Waals surface area contributed by atoms with E-state index in [9.17, 15) is 0 Å². The summed E-state index contributed by atoms with van der Waals surface area (Å²) >= 11 is 0. The predicted molar refractivity (Wildman–Crippen MR) is 48.5 cm³/mol. The minimum absolute atomic E-state index is 1.09. The maximum absolute atomic E-state index is 2.46. The van der Waals surface area contributed by atoms with Gasteiger partial charge in [-0.05, 0) is 30.6 Å². The first kappa shape index (κ1) is 7.64. The number of hydrogen-bond acceptors (Lipinski definition) is 0. The molecular formula is C11H20. The predicted octanol–water partition coefficient (Wildman–Crippen LogP) is 3.61. The molecule has 2 atom stereocenters. The fourth-order valence-corrected chi connectivity index (χ4v) is 2.88. The summed E-state index contributed by atoms with van der Waals surface area (Å²) in [6.45, 7) is 2.46. The first-order valence-electron chi connectivity index (χ1n) is 5.39. The van der Waals surface area contributed by atoms with Crippen LogP contribution in [0.5, 0.6) is 0 Å². The third-order valence-electron chi connectivity index (χ3n) is 3.83. The summed E-state index contributed by atoms with van der Waals surface area (Å²) in [5, 5.41) is 0. The molecule has 2 aliphatic carbocycles. The highest BCUT2D eigenvalue weighted by atomic mass is 14.5. The van der Waals surface area contributed by atoms with Crippen molar-refractivity contribution in [1.29, 1.82) is 0 Å². The molecule has 11 heavy (non-hydrogen) atoms. The Labute approximate surface area is 70.4 Å². The Bertz CT molecular complexity index is 114. The summed E-state index contributed by atoms with van der Waals surface area (Å²) in [5.41, 5.74) is 0. The monoisotopic (exact) mass is 152 g/mol. The Morgan fingerprint density at radius 3 is 1.73 bits per heavy atom. The molecule has 0 aromatic carbocycles. The van der Waals surface area contributed by atoms with Gasteiger partial charge in [-0.15, -0.1) is 0 Å². The van der Waals surface area contributed by atoms with E-state index in [1.54, 1.807) is 12.8 Å². The van der Waals surface area contributed by atoms with Gasteiger partial charge in [-0.3, -0.25) is 0 Å². The van der Waals surface area contributed by atoms with Crippen LogP contribution in [0.15, 0.2) is 0 Å². The van der Waals surface area contributed by atoms with Gasteiger partial charge in [0, 0.05) is 0 Å². The molecule has 2 fully saturated rings. The van der Waals surface area contributed by atoms with Crippen LogP contribution < -0.4 is 0 Å².